The summed E-state index contributed by atoms with van der Waals surface area (Å²) in [6.45, 7) is 2.41. The Balaban J connectivity index is 3.11. The third-order valence-electron chi connectivity index (χ3n) is 1.68. The van der Waals surface area contributed by atoms with Crippen molar-refractivity contribution in [1.29, 1.82) is 5.26 Å². The Morgan fingerprint density at radius 2 is 2.46 bits per heavy atom. The van der Waals surface area contributed by atoms with Crippen LogP contribution in [0.5, 0.6) is 0 Å². The highest BCUT2D eigenvalue weighted by Gasteiger charge is 1.98. The van der Waals surface area contributed by atoms with Crippen molar-refractivity contribution in [2.45, 2.75) is 13.5 Å². The third-order valence-corrected chi connectivity index (χ3v) is 1.68. The van der Waals surface area contributed by atoms with E-state index in [0.29, 0.717) is 6.54 Å². The first kappa shape index (κ1) is 9.27. The summed E-state index contributed by atoms with van der Waals surface area (Å²) in [6.07, 6.45) is 5.40. The molecule has 3 nitrogen and oxygen atoms in total. The van der Waals surface area contributed by atoms with Crippen molar-refractivity contribution in [2.75, 3.05) is 0 Å². The molecule has 0 aliphatic heterocycles. The van der Waals surface area contributed by atoms with Gasteiger partial charge in [0.15, 0.2) is 0 Å². The molecule has 0 amide bonds. The average Bonchev–Trinajstić information content (AvgIpc) is 2.16. The maximum atomic E-state index is 11.4. The molecule has 0 unspecified atom stereocenters. The van der Waals surface area contributed by atoms with Crippen LogP contribution in [0.2, 0.25) is 0 Å². The van der Waals surface area contributed by atoms with E-state index in [2.05, 4.69) is 0 Å². The van der Waals surface area contributed by atoms with E-state index in [0.717, 1.165) is 0 Å². The van der Waals surface area contributed by atoms with Crippen LogP contribution in [0.25, 0.3) is 0 Å². The van der Waals surface area contributed by atoms with E-state index >= 15 is 0 Å². The highest BCUT2D eigenvalue weighted by Crippen LogP contribution is 1.89. The Hall–Kier alpha value is -1.82. The van der Waals surface area contributed by atoms with Gasteiger partial charge in [-0.1, -0.05) is 12.2 Å². The van der Waals surface area contributed by atoms with Gasteiger partial charge in [0, 0.05) is 12.7 Å². The van der Waals surface area contributed by atoms with Crippen LogP contribution in [0.3, 0.4) is 0 Å². The number of rotatable bonds is 2. The lowest BCUT2D eigenvalue weighted by Crippen LogP contribution is -2.20. The van der Waals surface area contributed by atoms with Gasteiger partial charge in [0.2, 0.25) is 0 Å². The summed E-state index contributed by atoms with van der Waals surface area (Å²) in [4.78, 5) is 11.4. The van der Waals surface area contributed by atoms with Gasteiger partial charge in [-0.05, 0) is 19.1 Å². The molecule has 0 saturated heterocycles. The van der Waals surface area contributed by atoms with Crippen LogP contribution in [0.1, 0.15) is 12.5 Å². The van der Waals surface area contributed by atoms with E-state index in [1.165, 1.54) is 10.6 Å². The van der Waals surface area contributed by atoms with Crippen LogP contribution < -0.4 is 5.56 Å². The molecule has 0 fully saturated rings. The third kappa shape index (κ3) is 2.06. The smallest absolute Gasteiger partial charge is 0.268 e. The fraction of sp³-hybridized carbons (Fsp3) is 0.200. The van der Waals surface area contributed by atoms with E-state index in [9.17, 15) is 4.79 Å². The predicted octanol–water partition coefficient (Wildman–Crippen LogP) is 1.30. The van der Waals surface area contributed by atoms with Gasteiger partial charge in [0.25, 0.3) is 5.56 Å². The molecule has 1 rings (SSSR count). The van der Waals surface area contributed by atoms with Gasteiger partial charge in [-0.15, -0.1) is 0 Å². The van der Waals surface area contributed by atoms with Crippen molar-refractivity contribution in [1.82, 2.24) is 4.57 Å². The lowest BCUT2D eigenvalue weighted by molar-refractivity contribution is 0.775. The Kier molecular flexibility index (Phi) is 3.04. The van der Waals surface area contributed by atoms with Gasteiger partial charge in [0.1, 0.15) is 11.6 Å². The molecule has 0 atom stereocenters. The Bertz CT molecular complexity index is 410. The Morgan fingerprint density at radius 3 is 3.08 bits per heavy atom. The van der Waals surface area contributed by atoms with Crippen molar-refractivity contribution in [2.24, 2.45) is 0 Å². The molecular weight excluding hydrogens is 164 g/mol. The second-order valence-corrected chi connectivity index (χ2v) is 2.56. The number of hydrogen-bond donors (Lipinski definition) is 0. The first-order chi connectivity index (χ1) is 6.29. The topological polar surface area (TPSA) is 45.8 Å². The first-order valence-electron chi connectivity index (χ1n) is 4.00. The summed E-state index contributed by atoms with van der Waals surface area (Å²) in [7, 11) is 0. The van der Waals surface area contributed by atoms with Gasteiger partial charge in [-0.25, -0.2) is 0 Å². The Morgan fingerprint density at radius 1 is 1.69 bits per heavy atom. The minimum absolute atomic E-state index is 0.187. The SMILES string of the molecule is C/C=C/Cn1cccc(C#N)c1=O. The normalized spacial score (nSPS) is 10.2. The molecule has 3 heteroatoms. The zero-order valence-corrected chi connectivity index (χ0v) is 7.40. The second-order valence-electron chi connectivity index (χ2n) is 2.56. The van der Waals surface area contributed by atoms with Crippen LogP contribution in [0.15, 0.2) is 35.3 Å². The minimum atomic E-state index is -0.233. The maximum Gasteiger partial charge on any atom is 0.268 e. The summed E-state index contributed by atoms with van der Waals surface area (Å²) >= 11 is 0. The van der Waals surface area contributed by atoms with Crippen molar-refractivity contribution in [3.63, 3.8) is 0 Å². The minimum Gasteiger partial charge on any atom is -0.311 e. The van der Waals surface area contributed by atoms with E-state index in [1.807, 2.05) is 25.1 Å². The second kappa shape index (κ2) is 4.27. The maximum absolute atomic E-state index is 11.4. The summed E-state index contributed by atoms with van der Waals surface area (Å²) in [5, 5.41) is 8.59. The number of pyridine rings is 1. The molecular formula is C10H10N2O. The molecule has 0 N–H and O–H groups in total. The van der Waals surface area contributed by atoms with Crippen LogP contribution in [-0.4, -0.2) is 4.57 Å². The van der Waals surface area contributed by atoms with E-state index < -0.39 is 0 Å². The lowest BCUT2D eigenvalue weighted by Gasteiger charge is -2.00. The monoisotopic (exact) mass is 174 g/mol. The molecule has 0 aromatic carbocycles. The summed E-state index contributed by atoms with van der Waals surface area (Å²) < 4.78 is 1.50. The summed E-state index contributed by atoms with van der Waals surface area (Å²) in [5.41, 5.74) is -0.0462. The average molecular weight is 174 g/mol. The van der Waals surface area contributed by atoms with E-state index in [-0.39, 0.29) is 11.1 Å². The zero-order chi connectivity index (χ0) is 9.68. The summed E-state index contributed by atoms with van der Waals surface area (Å²) in [6, 6.07) is 5.07. The molecule has 66 valence electrons. The molecule has 0 spiro atoms. The van der Waals surface area contributed by atoms with Crippen LogP contribution in [0, 0.1) is 11.3 Å². The molecule has 0 saturated carbocycles. The number of hydrogen-bond acceptors (Lipinski definition) is 2. The van der Waals surface area contributed by atoms with Gasteiger partial charge in [0.05, 0.1) is 0 Å². The largest absolute Gasteiger partial charge is 0.311 e. The molecule has 13 heavy (non-hydrogen) atoms. The van der Waals surface area contributed by atoms with Gasteiger partial charge < -0.3 is 4.57 Å². The number of aromatic nitrogens is 1. The van der Waals surface area contributed by atoms with Crippen LogP contribution >= 0.6 is 0 Å². The fourth-order valence-electron chi connectivity index (χ4n) is 0.985. The molecule has 1 aromatic heterocycles. The van der Waals surface area contributed by atoms with Gasteiger partial charge in [-0.2, -0.15) is 5.26 Å². The molecule has 0 radical (unpaired) electrons. The molecule has 1 aromatic rings. The summed E-state index contributed by atoms with van der Waals surface area (Å²) in [5.74, 6) is 0. The molecule has 1 heterocycles. The van der Waals surface area contributed by atoms with Crippen LogP contribution in [0.4, 0.5) is 0 Å². The highest BCUT2D eigenvalue weighted by atomic mass is 16.1. The van der Waals surface area contributed by atoms with Crippen molar-refractivity contribution in [3.8, 4) is 6.07 Å². The van der Waals surface area contributed by atoms with E-state index in [4.69, 9.17) is 5.26 Å². The first-order valence-corrected chi connectivity index (χ1v) is 4.00. The fourth-order valence-corrected chi connectivity index (χ4v) is 0.985. The number of allylic oxidation sites excluding steroid dienone is 2. The standard InChI is InChI=1S/C10H10N2O/c1-2-3-6-12-7-4-5-9(8-11)10(12)13/h2-5,7H,6H2,1H3/b3-2+. The van der Waals surface area contributed by atoms with Crippen molar-refractivity contribution in [3.05, 3.63) is 46.4 Å². The number of nitrogens with zero attached hydrogens (tertiary/aromatic N) is 2. The quantitative estimate of drug-likeness (QED) is 0.634. The number of nitriles is 1. The van der Waals surface area contributed by atoms with Gasteiger partial charge in [-0.3, -0.25) is 4.79 Å². The molecule has 0 aliphatic rings. The highest BCUT2D eigenvalue weighted by molar-refractivity contribution is 5.25. The lowest BCUT2D eigenvalue weighted by atomic mass is 10.3. The van der Waals surface area contributed by atoms with Crippen molar-refractivity contribution >= 4 is 0 Å². The van der Waals surface area contributed by atoms with Crippen molar-refractivity contribution < 1.29 is 0 Å². The van der Waals surface area contributed by atoms with Gasteiger partial charge >= 0.3 is 0 Å². The molecule has 0 aliphatic carbocycles. The van der Waals surface area contributed by atoms with Crippen LogP contribution in [-0.2, 0) is 6.54 Å². The Labute approximate surface area is 76.6 Å². The zero-order valence-electron chi connectivity index (χ0n) is 7.40. The van der Waals surface area contributed by atoms with E-state index in [1.54, 1.807) is 12.3 Å². The molecule has 0 bridgehead atoms. The predicted molar refractivity (Wildman–Crippen MR) is 50.2 cm³/mol.